The third-order valence-corrected chi connectivity index (χ3v) is 2.91. The highest BCUT2D eigenvalue weighted by Gasteiger charge is 2.11. The van der Waals surface area contributed by atoms with E-state index in [1.54, 1.807) is 13.2 Å². The molecule has 1 heterocycles. The number of benzene rings is 1. The first-order chi connectivity index (χ1) is 9.15. The van der Waals surface area contributed by atoms with E-state index in [1.165, 1.54) is 0 Å². The highest BCUT2D eigenvalue weighted by atomic mass is 16.5. The molecule has 0 aliphatic rings. The average molecular weight is 260 g/mol. The first-order valence-electron chi connectivity index (χ1n) is 6.01. The standard InChI is InChI=1S/C14H16N2O3/c1-3-8-16-12-5-4-10(19-2)9-11(12)15-13(16)6-7-14(17)18/h3-5,9H,1,6-8H2,2H3,(H,17,18). The molecule has 100 valence electrons. The van der Waals surface area contributed by atoms with Gasteiger partial charge in [0.05, 0.1) is 24.6 Å². The van der Waals surface area contributed by atoms with Crippen molar-refractivity contribution in [3.63, 3.8) is 0 Å². The van der Waals surface area contributed by atoms with Gasteiger partial charge in [0.2, 0.25) is 0 Å². The zero-order valence-corrected chi connectivity index (χ0v) is 10.8. The molecule has 5 heteroatoms. The molecule has 5 nitrogen and oxygen atoms in total. The normalized spacial score (nSPS) is 10.6. The van der Waals surface area contributed by atoms with Crippen molar-refractivity contribution in [1.29, 1.82) is 0 Å². The van der Waals surface area contributed by atoms with Crippen LogP contribution in [0.4, 0.5) is 0 Å². The maximum atomic E-state index is 10.7. The molecule has 2 aromatic rings. The number of allylic oxidation sites excluding steroid dienone is 1. The summed E-state index contributed by atoms with van der Waals surface area (Å²) in [5, 5.41) is 8.78. The van der Waals surface area contributed by atoms with E-state index >= 15 is 0 Å². The number of methoxy groups -OCH3 is 1. The number of ether oxygens (including phenoxy) is 1. The Morgan fingerprint density at radius 2 is 2.37 bits per heavy atom. The minimum atomic E-state index is -0.824. The lowest BCUT2D eigenvalue weighted by atomic mass is 10.3. The van der Waals surface area contributed by atoms with Crippen LogP contribution < -0.4 is 4.74 Å². The van der Waals surface area contributed by atoms with Crippen LogP contribution >= 0.6 is 0 Å². The van der Waals surface area contributed by atoms with Gasteiger partial charge in [0, 0.05) is 19.0 Å². The molecular formula is C14H16N2O3. The first kappa shape index (κ1) is 13.1. The van der Waals surface area contributed by atoms with Crippen LogP contribution in [0.25, 0.3) is 11.0 Å². The monoisotopic (exact) mass is 260 g/mol. The number of aryl methyl sites for hydroxylation is 1. The number of imidazole rings is 1. The van der Waals surface area contributed by atoms with Crippen molar-refractivity contribution in [2.24, 2.45) is 0 Å². The van der Waals surface area contributed by atoms with E-state index < -0.39 is 5.97 Å². The van der Waals surface area contributed by atoms with E-state index in [4.69, 9.17) is 9.84 Å². The molecule has 0 radical (unpaired) electrons. The Labute approximate surface area is 111 Å². The minimum Gasteiger partial charge on any atom is -0.497 e. The van der Waals surface area contributed by atoms with Crippen molar-refractivity contribution < 1.29 is 14.6 Å². The second kappa shape index (κ2) is 5.56. The number of hydrogen-bond donors (Lipinski definition) is 1. The summed E-state index contributed by atoms with van der Waals surface area (Å²) in [5.74, 6) is 0.667. The predicted octanol–water partition coefficient (Wildman–Crippen LogP) is 2.25. The summed E-state index contributed by atoms with van der Waals surface area (Å²) in [6, 6.07) is 5.64. The average Bonchev–Trinajstić information content (AvgIpc) is 2.74. The van der Waals surface area contributed by atoms with Crippen molar-refractivity contribution in [2.75, 3.05) is 7.11 Å². The van der Waals surface area contributed by atoms with E-state index in [0.29, 0.717) is 13.0 Å². The number of carbonyl (C=O) groups is 1. The van der Waals surface area contributed by atoms with Crippen LogP contribution in [0.2, 0.25) is 0 Å². The molecule has 0 saturated heterocycles. The summed E-state index contributed by atoms with van der Waals surface area (Å²) in [5.41, 5.74) is 1.77. The number of hydrogen-bond acceptors (Lipinski definition) is 3. The van der Waals surface area contributed by atoms with E-state index in [1.807, 2.05) is 22.8 Å². The number of fused-ring (bicyclic) bond motifs is 1. The number of carboxylic acid groups (broad SMARTS) is 1. The van der Waals surface area contributed by atoms with Crippen LogP contribution in [-0.2, 0) is 17.8 Å². The molecule has 0 spiro atoms. The molecule has 0 aliphatic heterocycles. The van der Waals surface area contributed by atoms with Gasteiger partial charge in [-0.3, -0.25) is 4.79 Å². The topological polar surface area (TPSA) is 64.4 Å². The summed E-state index contributed by atoms with van der Waals surface area (Å²) in [6.45, 7) is 4.33. The quantitative estimate of drug-likeness (QED) is 0.809. The Hall–Kier alpha value is -2.30. The number of rotatable bonds is 6. The Bertz CT molecular complexity index is 616. The lowest BCUT2D eigenvalue weighted by Gasteiger charge is -2.05. The van der Waals surface area contributed by atoms with Crippen molar-refractivity contribution in [2.45, 2.75) is 19.4 Å². The van der Waals surface area contributed by atoms with Gasteiger partial charge in [-0.25, -0.2) is 4.98 Å². The molecule has 19 heavy (non-hydrogen) atoms. The van der Waals surface area contributed by atoms with E-state index in [0.717, 1.165) is 22.6 Å². The molecule has 0 atom stereocenters. The molecule has 1 N–H and O–H groups in total. The molecule has 0 unspecified atom stereocenters. The van der Waals surface area contributed by atoms with Gasteiger partial charge < -0.3 is 14.4 Å². The van der Waals surface area contributed by atoms with Crippen molar-refractivity contribution in [1.82, 2.24) is 9.55 Å². The van der Waals surface area contributed by atoms with E-state index in [-0.39, 0.29) is 6.42 Å². The highest BCUT2D eigenvalue weighted by Crippen LogP contribution is 2.22. The fourth-order valence-corrected chi connectivity index (χ4v) is 2.03. The molecule has 1 aromatic carbocycles. The molecule has 0 fully saturated rings. The van der Waals surface area contributed by atoms with Crippen LogP contribution in [0, 0.1) is 0 Å². The van der Waals surface area contributed by atoms with Crippen molar-refractivity contribution in [3.05, 3.63) is 36.7 Å². The SMILES string of the molecule is C=CCn1c(CCC(=O)O)nc2cc(OC)ccc21. The fraction of sp³-hybridized carbons (Fsp3) is 0.286. The Balaban J connectivity index is 2.45. The molecule has 2 rings (SSSR count). The maximum Gasteiger partial charge on any atom is 0.303 e. The van der Waals surface area contributed by atoms with Gasteiger partial charge in [-0.15, -0.1) is 6.58 Å². The largest absolute Gasteiger partial charge is 0.497 e. The zero-order chi connectivity index (χ0) is 13.8. The van der Waals surface area contributed by atoms with Gasteiger partial charge >= 0.3 is 5.97 Å². The van der Waals surface area contributed by atoms with Crippen LogP contribution in [0.3, 0.4) is 0 Å². The number of nitrogens with zero attached hydrogens (tertiary/aromatic N) is 2. The van der Waals surface area contributed by atoms with Crippen LogP contribution in [0.15, 0.2) is 30.9 Å². The summed E-state index contributed by atoms with van der Waals surface area (Å²) in [4.78, 5) is 15.2. The third kappa shape index (κ3) is 2.76. The second-order valence-electron chi connectivity index (χ2n) is 4.18. The predicted molar refractivity (Wildman–Crippen MR) is 72.4 cm³/mol. The Morgan fingerprint density at radius 1 is 1.58 bits per heavy atom. The molecule has 0 aliphatic carbocycles. The molecular weight excluding hydrogens is 244 g/mol. The van der Waals surface area contributed by atoms with Crippen molar-refractivity contribution in [3.8, 4) is 5.75 Å². The van der Waals surface area contributed by atoms with Gasteiger partial charge in [0.1, 0.15) is 11.6 Å². The Morgan fingerprint density at radius 3 is 3.00 bits per heavy atom. The number of carboxylic acids is 1. The zero-order valence-electron chi connectivity index (χ0n) is 10.8. The highest BCUT2D eigenvalue weighted by molar-refractivity contribution is 5.78. The molecule has 1 aromatic heterocycles. The minimum absolute atomic E-state index is 0.0671. The van der Waals surface area contributed by atoms with Crippen LogP contribution in [0.1, 0.15) is 12.2 Å². The summed E-state index contributed by atoms with van der Waals surface area (Å²) >= 11 is 0. The van der Waals surface area contributed by atoms with Crippen LogP contribution in [-0.4, -0.2) is 27.7 Å². The number of aliphatic carboxylic acids is 1. The molecule has 0 bridgehead atoms. The molecule has 0 saturated carbocycles. The van der Waals surface area contributed by atoms with Gasteiger partial charge in [-0.05, 0) is 12.1 Å². The first-order valence-corrected chi connectivity index (χ1v) is 6.01. The molecule has 0 amide bonds. The van der Waals surface area contributed by atoms with Gasteiger partial charge in [-0.1, -0.05) is 6.08 Å². The van der Waals surface area contributed by atoms with Gasteiger partial charge in [-0.2, -0.15) is 0 Å². The lowest BCUT2D eigenvalue weighted by Crippen LogP contribution is -2.05. The smallest absolute Gasteiger partial charge is 0.303 e. The third-order valence-electron chi connectivity index (χ3n) is 2.91. The Kier molecular flexibility index (Phi) is 3.85. The van der Waals surface area contributed by atoms with E-state index in [2.05, 4.69) is 11.6 Å². The van der Waals surface area contributed by atoms with Gasteiger partial charge in [0.25, 0.3) is 0 Å². The summed E-state index contributed by atoms with van der Waals surface area (Å²) < 4.78 is 7.14. The van der Waals surface area contributed by atoms with Gasteiger partial charge in [0.15, 0.2) is 0 Å². The fourth-order valence-electron chi connectivity index (χ4n) is 2.03. The summed E-state index contributed by atoms with van der Waals surface area (Å²) in [7, 11) is 1.60. The van der Waals surface area contributed by atoms with Crippen LogP contribution in [0.5, 0.6) is 5.75 Å². The summed E-state index contributed by atoms with van der Waals surface area (Å²) in [6.07, 6.45) is 2.24. The van der Waals surface area contributed by atoms with Crippen molar-refractivity contribution >= 4 is 17.0 Å². The lowest BCUT2D eigenvalue weighted by molar-refractivity contribution is -0.137. The van der Waals surface area contributed by atoms with E-state index in [9.17, 15) is 4.79 Å². The number of aromatic nitrogens is 2. The second-order valence-corrected chi connectivity index (χ2v) is 4.18. The maximum absolute atomic E-state index is 10.7.